The molecule has 0 saturated carbocycles. The van der Waals surface area contributed by atoms with Crippen LogP contribution in [0.25, 0.3) is 0 Å². The van der Waals surface area contributed by atoms with Crippen molar-refractivity contribution in [2.75, 3.05) is 0 Å². The molecule has 0 aromatic carbocycles. The largest absolute Gasteiger partial charge is 0.340 e. The van der Waals surface area contributed by atoms with Gasteiger partial charge in [-0.1, -0.05) is 19.4 Å². The zero-order valence-electron chi connectivity index (χ0n) is 12.3. The second-order valence-electron chi connectivity index (χ2n) is 5.05. The lowest BCUT2D eigenvalue weighted by atomic mass is 10.1. The molecule has 2 rings (SSSR count). The van der Waals surface area contributed by atoms with Crippen molar-refractivity contribution in [3.05, 3.63) is 45.4 Å². The first-order valence-corrected chi connectivity index (χ1v) is 7.87. The van der Waals surface area contributed by atoms with E-state index in [-0.39, 0.29) is 0 Å². The normalized spacial score (nSPS) is 12.3. The highest BCUT2D eigenvalue weighted by Crippen LogP contribution is 2.24. The van der Waals surface area contributed by atoms with E-state index in [1.807, 2.05) is 17.7 Å². The smallest absolute Gasteiger partial charge is 0.120 e. The molecular formula is C16H21N3S. The lowest BCUT2D eigenvalue weighted by molar-refractivity contribution is 0.499. The first kappa shape index (κ1) is 14.8. The van der Waals surface area contributed by atoms with Crippen molar-refractivity contribution >= 4 is 11.3 Å². The summed E-state index contributed by atoms with van der Waals surface area (Å²) in [7, 11) is 1.94. The molecule has 2 aromatic rings. The van der Waals surface area contributed by atoms with Crippen LogP contribution in [0.3, 0.4) is 0 Å². The summed E-state index contributed by atoms with van der Waals surface area (Å²) in [6.45, 7) is 5.09. The van der Waals surface area contributed by atoms with Gasteiger partial charge in [-0.25, -0.2) is 0 Å². The molecule has 0 saturated heterocycles. The van der Waals surface area contributed by atoms with Crippen LogP contribution in [0.15, 0.2) is 23.6 Å². The van der Waals surface area contributed by atoms with Crippen LogP contribution in [0, 0.1) is 18.3 Å². The molecule has 106 valence electrons. The maximum absolute atomic E-state index is 9.08. The summed E-state index contributed by atoms with van der Waals surface area (Å²) in [5.74, 6) is 0. The molecular weight excluding hydrogens is 266 g/mol. The summed E-state index contributed by atoms with van der Waals surface area (Å²) < 4.78 is 1.96. The number of nitrogens with one attached hydrogen (secondary N) is 1. The number of aromatic nitrogens is 1. The van der Waals surface area contributed by atoms with Gasteiger partial charge in [0.05, 0.1) is 0 Å². The van der Waals surface area contributed by atoms with E-state index >= 15 is 0 Å². The molecule has 0 amide bonds. The van der Waals surface area contributed by atoms with E-state index < -0.39 is 0 Å². The van der Waals surface area contributed by atoms with Gasteiger partial charge < -0.3 is 9.88 Å². The molecule has 0 radical (unpaired) electrons. The van der Waals surface area contributed by atoms with E-state index in [1.165, 1.54) is 10.4 Å². The zero-order valence-corrected chi connectivity index (χ0v) is 13.1. The number of rotatable bonds is 6. The lowest BCUT2D eigenvalue weighted by Gasteiger charge is -2.16. The van der Waals surface area contributed by atoms with Crippen molar-refractivity contribution in [2.45, 2.75) is 39.3 Å². The fraction of sp³-hybridized carbons (Fsp3) is 0.438. The van der Waals surface area contributed by atoms with Gasteiger partial charge in [0.15, 0.2) is 0 Å². The highest BCUT2D eigenvalue weighted by molar-refractivity contribution is 7.10. The fourth-order valence-corrected chi connectivity index (χ4v) is 3.24. The van der Waals surface area contributed by atoms with Crippen molar-refractivity contribution in [1.29, 1.82) is 5.26 Å². The summed E-state index contributed by atoms with van der Waals surface area (Å²) in [6, 6.07) is 8.92. The van der Waals surface area contributed by atoms with Crippen molar-refractivity contribution in [2.24, 2.45) is 7.05 Å². The van der Waals surface area contributed by atoms with E-state index in [1.54, 1.807) is 11.3 Å². The van der Waals surface area contributed by atoms with Gasteiger partial charge in [0.25, 0.3) is 0 Å². The van der Waals surface area contributed by atoms with Gasteiger partial charge in [0, 0.05) is 30.2 Å². The lowest BCUT2D eigenvalue weighted by Crippen LogP contribution is -2.20. The topological polar surface area (TPSA) is 40.8 Å². The minimum atomic E-state index is 0.408. The van der Waals surface area contributed by atoms with E-state index in [0.29, 0.717) is 6.04 Å². The summed E-state index contributed by atoms with van der Waals surface area (Å²) in [5.41, 5.74) is 3.10. The Morgan fingerprint density at radius 2 is 2.30 bits per heavy atom. The number of nitrogens with zero attached hydrogens (tertiary/aromatic N) is 2. The first-order chi connectivity index (χ1) is 9.67. The monoisotopic (exact) mass is 287 g/mol. The van der Waals surface area contributed by atoms with Crippen LogP contribution in [0.2, 0.25) is 0 Å². The Bertz CT molecular complexity index is 590. The number of thiophene rings is 1. The number of hydrogen-bond acceptors (Lipinski definition) is 3. The summed E-state index contributed by atoms with van der Waals surface area (Å²) >= 11 is 1.80. The molecule has 0 fully saturated rings. The maximum Gasteiger partial charge on any atom is 0.120 e. The van der Waals surface area contributed by atoms with E-state index in [9.17, 15) is 0 Å². The van der Waals surface area contributed by atoms with Crippen molar-refractivity contribution in [3.63, 3.8) is 0 Å². The van der Waals surface area contributed by atoms with Crippen LogP contribution < -0.4 is 5.32 Å². The predicted octanol–water partition coefficient (Wildman–Crippen LogP) is 3.90. The molecule has 2 heterocycles. The number of hydrogen-bond donors (Lipinski definition) is 1. The molecule has 4 heteroatoms. The van der Waals surface area contributed by atoms with Crippen LogP contribution in [-0.4, -0.2) is 4.57 Å². The molecule has 20 heavy (non-hydrogen) atoms. The summed E-state index contributed by atoms with van der Waals surface area (Å²) in [5, 5.41) is 14.8. The fourth-order valence-electron chi connectivity index (χ4n) is 2.40. The van der Waals surface area contributed by atoms with Gasteiger partial charge in [-0.3, -0.25) is 0 Å². The number of nitriles is 1. The second-order valence-corrected chi connectivity index (χ2v) is 6.03. The average molecular weight is 287 g/mol. The van der Waals surface area contributed by atoms with Crippen LogP contribution in [0.4, 0.5) is 0 Å². The highest BCUT2D eigenvalue weighted by Gasteiger charge is 2.13. The van der Waals surface area contributed by atoms with Gasteiger partial charge in [-0.05, 0) is 36.4 Å². The van der Waals surface area contributed by atoms with Crippen LogP contribution in [0.5, 0.6) is 0 Å². The molecule has 0 bridgehead atoms. The van der Waals surface area contributed by atoms with Crippen LogP contribution >= 0.6 is 11.3 Å². The average Bonchev–Trinajstić information content (AvgIpc) is 3.06. The van der Waals surface area contributed by atoms with E-state index in [0.717, 1.165) is 30.8 Å². The standard InChI is InChI=1S/C16H21N3S/c1-4-6-15(16-7-5-8-20-16)18-11-13-9-14(10-17)19(3)12(13)2/h5,7-9,15,18H,4,6,11H2,1-3H3. The molecule has 0 spiro atoms. The quantitative estimate of drug-likeness (QED) is 0.875. The minimum absolute atomic E-state index is 0.408. The first-order valence-electron chi connectivity index (χ1n) is 6.99. The molecule has 0 aliphatic rings. The van der Waals surface area contributed by atoms with Crippen LogP contribution in [0.1, 0.15) is 47.6 Å². The van der Waals surface area contributed by atoms with Gasteiger partial charge in [0.2, 0.25) is 0 Å². The molecule has 0 aliphatic heterocycles. The summed E-state index contributed by atoms with van der Waals surface area (Å²) in [6.07, 6.45) is 2.30. The Morgan fingerprint density at radius 3 is 2.85 bits per heavy atom. The molecule has 1 unspecified atom stereocenters. The third-order valence-corrected chi connectivity index (χ3v) is 4.74. The van der Waals surface area contributed by atoms with E-state index in [2.05, 4.69) is 42.7 Å². The zero-order chi connectivity index (χ0) is 14.5. The van der Waals surface area contributed by atoms with Crippen molar-refractivity contribution in [3.8, 4) is 6.07 Å². The Balaban J connectivity index is 2.08. The van der Waals surface area contributed by atoms with Crippen molar-refractivity contribution in [1.82, 2.24) is 9.88 Å². The van der Waals surface area contributed by atoms with Crippen LogP contribution in [-0.2, 0) is 13.6 Å². The third kappa shape index (κ3) is 3.12. The van der Waals surface area contributed by atoms with Gasteiger partial charge in [0.1, 0.15) is 11.8 Å². The minimum Gasteiger partial charge on any atom is -0.340 e. The second kappa shape index (κ2) is 6.74. The third-order valence-electron chi connectivity index (χ3n) is 3.76. The Morgan fingerprint density at radius 1 is 1.50 bits per heavy atom. The van der Waals surface area contributed by atoms with Gasteiger partial charge in [-0.15, -0.1) is 11.3 Å². The molecule has 0 aliphatic carbocycles. The predicted molar refractivity (Wildman–Crippen MR) is 83.7 cm³/mol. The Hall–Kier alpha value is -1.57. The van der Waals surface area contributed by atoms with Gasteiger partial charge >= 0.3 is 0 Å². The summed E-state index contributed by atoms with van der Waals surface area (Å²) in [4.78, 5) is 1.39. The molecule has 3 nitrogen and oxygen atoms in total. The Kier molecular flexibility index (Phi) is 4.99. The highest BCUT2D eigenvalue weighted by atomic mass is 32.1. The Labute approximate surface area is 124 Å². The maximum atomic E-state index is 9.08. The van der Waals surface area contributed by atoms with Crippen molar-refractivity contribution < 1.29 is 0 Å². The van der Waals surface area contributed by atoms with Gasteiger partial charge in [-0.2, -0.15) is 5.26 Å². The molecule has 1 N–H and O–H groups in total. The SMILES string of the molecule is CCCC(NCc1cc(C#N)n(C)c1C)c1cccs1. The molecule has 2 aromatic heterocycles. The van der Waals surface area contributed by atoms with E-state index in [4.69, 9.17) is 5.26 Å². The molecule has 1 atom stereocenters.